The van der Waals surface area contributed by atoms with Crippen LogP contribution in [0.5, 0.6) is 0 Å². The number of hydrogen-bond acceptors (Lipinski definition) is 23. The molecule has 0 aliphatic carbocycles. The predicted molar refractivity (Wildman–Crippen MR) is 315 cm³/mol. The smallest absolute Gasteiger partial charge is 0.341 e. The first-order valence-corrected chi connectivity index (χ1v) is 31.4. The van der Waals surface area contributed by atoms with E-state index in [0.717, 1.165) is 25.4 Å². The van der Waals surface area contributed by atoms with E-state index in [1.54, 1.807) is 55.4 Å². The zero-order chi connectivity index (χ0) is 63.7. The molecule has 5 heterocycles. The van der Waals surface area contributed by atoms with Gasteiger partial charge >= 0.3 is 11.9 Å². The number of anilines is 1. The van der Waals surface area contributed by atoms with Crippen LogP contribution < -0.4 is 16.1 Å². The van der Waals surface area contributed by atoms with Crippen LogP contribution in [0.25, 0.3) is 11.0 Å². The maximum absolute atomic E-state index is 15.1. The molecule has 486 valence electrons. The second kappa shape index (κ2) is 30.4. The Hall–Kier alpha value is -4.07. The number of esters is 1. The minimum atomic E-state index is -4.31. The van der Waals surface area contributed by atoms with E-state index >= 15 is 4.39 Å². The van der Waals surface area contributed by atoms with Gasteiger partial charge in [-0.1, -0.05) is 46.7 Å². The number of aromatic carboxylic acids is 1. The molecule has 3 aliphatic heterocycles. The number of carboxylic acid groups (broad SMARTS) is 1. The van der Waals surface area contributed by atoms with Gasteiger partial charge in [0.05, 0.1) is 64.5 Å². The van der Waals surface area contributed by atoms with Crippen molar-refractivity contribution < 1.29 is 85.4 Å². The number of likely N-dealkylation sites (N-methyl/N-ethyl adjacent to an activating group) is 2. The van der Waals surface area contributed by atoms with Gasteiger partial charge in [0.25, 0.3) is 10.1 Å². The summed E-state index contributed by atoms with van der Waals surface area (Å²) < 4.78 is 88.6. The second-order valence-corrected chi connectivity index (χ2v) is 25.8. The molecule has 3 aliphatic rings. The van der Waals surface area contributed by atoms with Gasteiger partial charge < -0.3 is 83.8 Å². The lowest BCUT2D eigenvalue weighted by atomic mass is 9.73. The lowest BCUT2D eigenvalue weighted by Crippen LogP contribution is -2.61. The summed E-state index contributed by atoms with van der Waals surface area (Å²) in [5.41, 5.74) is -6.28. The lowest BCUT2D eigenvalue weighted by molar-refractivity contribution is -0.316. The monoisotopic (exact) mass is 1230 g/mol. The average molecular weight is 1230 g/mol. The molecular weight excluding hydrogens is 1130 g/mol. The maximum Gasteiger partial charge on any atom is 0.341 e. The van der Waals surface area contributed by atoms with Gasteiger partial charge in [0.1, 0.15) is 41.7 Å². The van der Waals surface area contributed by atoms with Crippen molar-refractivity contribution in [2.75, 3.05) is 78.2 Å². The number of aryl methyl sites for hydroxylation is 1. The van der Waals surface area contributed by atoms with Gasteiger partial charge in [-0.2, -0.15) is 8.42 Å². The number of hydrogen-bond donors (Lipinski definition) is 7. The third kappa shape index (κ3) is 17.4. The van der Waals surface area contributed by atoms with E-state index in [9.17, 15) is 48.3 Å². The summed E-state index contributed by atoms with van der Waals surface area (Å²) in [7, 11) is 0.746. The summed E-state index contributed by atoms with van der Waals surface area (Å²) >= 11 is 0. The van der Waals surface area contributed by atoms with Crippen LogP contribution in [0.3, 0.4) is 0 Å². The quantitative estimate of drug-likeness (QED) is 0.0342. The third-order valence-corrected chi connectivity index (χ3v) is 18.5. The molecule has 85 heavy (non-hydrogen) atoms. The molecule has 7 N–H and O–H groups in total. The van der Waals surface area contributed by atoms with Crippen LogP contribution >= 0.6 is 0 Å². The highest BCUT2D eigenvalue weighted by molar-refractivity contribution is 7.86. The Morgan fingerprint density at radius 3 is 2.22 bits per heavy atom. The summed E-state index contributed by atoms with van der Waals surface area (Å²) in [5, 5.41) is 69.0. The Bertz CT molecular complexity index is 2730. The molecule has 0 saturated carbocycles. The van der Waals surface area contributed by atoms with Crippen LogP contribution in [0.1, 0.15) is 126 Å². The van der Waals surface area contributed by atoms with Gasteiger partial charge in [-0.25, -0.2) is 14.2 Å². The molecule has 0 unspecified atom stereocenters. The van der Waals surface area contributed by atoms with E-state index in [1.807, 2.05) is 46.7 Å². The van der Waals surface area contributed by atoms with E-state index in [-0.39, 0.29) is 75.0 Å². The lowest BCUT2D eigenvalue weighted by Gasteiger charge is -2.49. The molecule has 0 radical (unpaired) electrons. The van der Waals surface area contributed by atoms with Gasteiger partial charge in [-0.3, -0.25) is 13.8 Å². The summed E-state index contributed by atoms with van der Waals surface area (Å²) in [4.78, 5) is 53.4. The average Bonchev–Trinajstić information content (AvgIpc) is 3.45. The Balaban J connectivity index is 1.41. The van der Waals surface area contributed by atoms with E-state index in [0.29, 0.717) is 18.7 Å². The van der Waals surface area contributed by atoms with Gasteiger partial charge in [-0.15, -0.1) is 0 Å². The number of oxime groups is 1. The minimum Gasteiger partial charge on any atom is -0.477 e. The summed E-state index contributed by atoms with van der Waals surface area (Å²) in [6.07, 6.45) is -10.2. The van der Waals surface area contributed by atoms with Gasteiger partial charge in [0, 0.05) is 76.2 Å². The normalized spacial score (nSPS) is 35.3. The summed E-state index contributed by atoms with van der Waals surface area (Å²) in [6, 6.07) is 0.528. The second-order valence-electron chi connectivity index (χ2n) is 24.1. The zero-order valence-corrected chi connectivity index (χ0v) is 53.4. The fourth-order valence-corrected chi connectivity index (χ4v) is 13.4. The Labute approximate surface area is 500 Å². The fourth-order valence-electron chi connectivity index (χ4n) is 12.2. The number of carboxylic acids is 1. The number of aromatic nitrogens is 2. The first-order chi connectivity index (χ1) is 39.7. The number of rotatable bonds is 24. The van der Waals surface area contributed by atoms with Crippen molar-refractivity contribution in [3.63, 3.8) is 0 Å². The molecule has 3 saturated heterocycles. The molecule has 18 atom stereocenters. The van der Waals surface area contributed by atoms with Crippen LogP contribution in [0.2, 0.25) is 0 Å². The number of pyridine rings is 2. The predicted octanol–water partition coefficient (Wildman–Crippen LogP) is 3.55. The molecule has 0 aromatic carbocycles. The molecule has 0 amide bonds. The van der Waals surface area contributed by atoms with Gasteiger partial charge in [-0.05, 0) is 101 Å². The van der Waals surface area contributed by atoms with Crippen LogP contribution in [0.4, 0.5) is 10.2 Å². The zero-order valence-electron chi connectivity index (χ0n) is 52.6. The molecule has 5 rings (SSSR count). The minimum absolute atomic E-state index is 0.0771. The van der Waals surface area contributed by atoms with Crippen molar-refractivity contribution in [1.29, 1.82) is 0 Å². The summed E-state index contributed by atoms with van der Waals surface area (Å²) in [5.74, 6) is -7.59. The maximum atomic E-state index is 15.1. The number of methoxy groups -OCH3 is 1. The molecule has 2 aromatic rings. The largest absolute Gasteiger partial charge is 0.477 e. The van der Waals surface area contributed by atoms with Crippen LogP contribution in [-0.2, 0) is 58.9 Å². The van der Waals surface area contributed by atoms with Crippen LogP contribution in [0, 0.1) is 29.5 Å². The number of ether oxygens (including phenoxy) is 6. The molecule has 0 bridgehead atoms. The van der Waals surface area contributed by atoms with E-state index in [4.69, 9.17) is 37.4 Å². The molecule has 3 fully saturated rings. The van der Waals surface area contributed by atoms with E-state index in [2.05, 4.69) is 25.7 Å². The number of cyclic esters (lactones) is 1. The number of aliphatic hydroxyl groups excluding tert-OH is 2. The molecule has 0 spiro atoms. The first kappa shape index (κ1) is 71.7. The number of carbonyl (C=O) groups is 2. The molecular formula is C58H98FN7O18S. The first-order valence-electron chi connectivity index (χ1n) is 29.8. The van der Waals surface area contributed by atoms with Gasteiger partial charge in [0.15, 0.2) is 24.2 Å². The van der Waals surface area contributed by atoms with Crippen molar-refractivity contribution in [1.82, 2.24) is 24.7 Å². The highest BCUT2D eigenvalue weighted by Gasteiger charge is 2.54. The summed E-state index contributed by atoms with van der Waals surface area (Å²) in [6.45, 7) is 25.1. The van der Waals surface area contributed by atoms with E-state index in [1.165, 1.54) is 18.6 Å². The van der Waals surface area contributed by atoms with Crippen LogP contribution in [-0.4, -0.2) is 228 Å². The topological polar surface area (TPSA) is 321 Å². The van der Waals surface area contributed by atoms with E-state index < -0.39 is 146 Å². The molecule has 2 aromatic heterocycles. The molecule has 27 heteroatoms. The Kier molecular flexibility index (Phi) is 25.7. The fraction of sp³-hybridized carbons (Fsp3) is 0.810. The highest BCUT2D eigenvalue weighted by Crippen LogP contribution is 2.42. The number of nitrogens with zero attached hydrogens (tertiary/aromatic N) is 5. The van der Waals surface area contributed by atoms with Crippen molar-refractivity contribution in [2.45, 2.75) is 206 Å². The van der Waals surface area contributed by atoms with Crippen molar-refractivity contribution in [2.24, 2.45) is 28.8 Å². The van der Waals surface area contributed by atoms with Crippen molar-refractivity contribution in [3.8, 4) is 0 Å². The Morgan fingerprint density at radius 1 is 0.953 bits per heavy atom. The number of halogens is 1. The Morgan fingerprint density at radius 2 is 1.62 bits per heavy atom. The standard InChI is InChI=1S/C58H98FN7O18S/c1-17-42-58(13,74)48(69)34(7)44(63-78-25-24-65(18-2)19-3)32(5)29-56(11,73)49(83-55-46(68)41(64(14)15)27-33(6)79-55)35(8)47(36(9)54(72)81-42)82-43-30-57(12,77-16)50(37(10)80-43)84-85(75,76)26-23-60-21-22-61-51-40(59)28-38-45(67)39(53(70)71)31-66(20-4)52(38)62-51/h28,31-37,41-43,46-50,55,60,68-69,73-74H,17-27,29-30H2,1-16H3,(H,61,62)(H,70,71)/b63-44+/t32-,33+,34+,35-,36+,37-,41-,42+,43-,46+,47-,48-,49+,50-,55-,56+,57+,58-/m0/s1. The number of carbonyl (C=O) groups excluding carboxylic acids is 1. The SMILES string of the molecule is CC[C@H]1OC(=O)[C@H](C)[C@@H](O[C@H]2C[C@@](C)(OC)[C@@H](OS(=O)(=O)CCNCCNc3nc4c(cc3F)c(=O)c(C(=O)O)cn4CC)[C@H](C)O2)[C@H](C)[C@@H](O[C@@H]2O[C@H](C)C[C@H](N(C)C)[C@H]2O)[C@](C)(O)C[C@H](C)/C(=N\OCCN(CC)CC)[C@@H](C)[C@H](O)[C@@]1(C)O. The number of fused-ring (bicyclic) bond motifs is 1. The molecule has 25 nitrogen and oxygen atoms in total. The van der Waals surface area contributed by atoms with Crippen molar-refractivity contribution in [3.05, 3.63) is 33.9 Å². The van der Waals surface area contributed by atoms with Gasteiger partial charge in [0.2, 0.25) is 5.43 Å². The number of nitrogens with one attached hydrogen (secondary N) is 2. The van der Waals surface area contributed by atoms with Crippen LogP contribution in [0.15, 0.2) is 22.2 Å². The highest BCUT2D eigenvalue weighted by atomic mass is 32.2. The third-order valence-electron chi connectivity index (χ3n) is 17.3. The number of aliphatic hydroxyl groups is 4. The van der Waals surface area contributed by atoms with Crippen molar-refractivity contribution >= 4 is 44.6 Å².